The predicted molar refractivity (Wildman–Crippen MR) is 458 cm³/mol. The molecule has 9 aromatic carbocycles. The van der Waals surface area contributed by atoms with Crippen molar-refractivity contribution in [2.24, 2.45) is 0 Å². The van der Waals surface area contributed by atoms with E-state index in [9.17, 15) is 9.90 Å². The molecular weight excluding hydrogens is 1490 g/mol. The first-order valence-corrected chi connectivity index (χ1v) is 37.4. The number of aromatic carboxylic acids is 1. The minimum atomic E-state index is -0.868. The second-order valence-corrected chi connectivity index (χ2v) is 28.7. The number of rotatable bonds is 7. The van der Waals surface area contributed by atoms with E-state index in [0.717, 1.165) is 22.2 Å². The number of nitrogens with zero attached hydrogens (tertiary/aromatic N) is 2. The second-order valence-electron chi connectivity index (χ2n) is 27.5. The summed E-state index contributed by atoms with van der Waals surface area (Å²) in [6, 6.07) is 74.9. The van der Waals surface area contributed by atoms with Crippen LogP contribution in [-0.4, -0.2) is 46.0 Å². The molecule has 0 radical (unpaired) electrons. The molecule has 4 heterocycles. The van der Waals surface area contributed by atoms with Gasteiger partial charge in [0.25, 0.3) is 0 Å². The van der Waals surface area contributed by atoms with Gasteiger partial charge in [0.1, 0.15) is 0 Å². The molecule has 1 saturated carbocycles. The number of benzene rings is 9. The maximum absolute atomic E-state index is 11.4. The first kappa shape index (κ1) is 86.8. The molecule has 3 aliphatic carbocycles. The van der Waals surface area contributed by atoms with Crippen LogP contribution in [0.1, 0.15) is 167 Å². The average molecular weight is 1600 g/mol. The van der Waals surface area contributed by atoms with Crippen molar-refractivity contribution in [1.82, 2.24) is 19.1 Å². The topological polar surface area (TPSA) is 166 Å². The van der Waals surface area contributed by atoms with Gasteiger partial charge in [0, 0.05) is 80.0 Å². The van der Waals surface area contributed by atoms with Gasteiger partial charge in [0.05, 0.1) is 23.0 Å². The van der Waals surface area contributed by atoms with Crippen LogP contribution in [-0.2, 0) is 0 Å². The molecule has 2 atom stereocenters. The van der Waals surface area contributed by atoms with Gasteiger partial charge in [-0.15, -0.1) is 11.8 Å². The molecule has 0 bridgehead atoms. The number of carbonyl (C=O) groups is 1. The van der Waals surface area contributed by atoms with Crippen LogP contribution in [0.3, 0.4) is 0 Å². The van der Waals surface area contributed by atoms with Crippen molar-refractivity contribution in [1.29, 1.82) is 0 Å². The molecule has 2 unspecified atom stereocenters. The van der Waals surface area contributed by atoms with Gasteiger partial charge < -0.3 is 40.9 Å². The third kappa shape index (κ3) is 22.1. The quantitative estimate of drug-likeness (QED) is 0.0540. The molecule has 550 valence electrons. The number of alkyl halides is 1. The van der Waals surface area contributed by atoms with Crippen LogP contribution < -0.4 is 74.6 Å². The van der Waals surface area contributed by atoms with E-state index in [1.54, 1.807) is 6.07 Å². The van der Waals surface area contributed by atoms with E-state index in [4.69, 9.17) is 5.73 Å². The number of allylic oxidation sites excluding steroid dienone is 4. The Balaban J connectivity index is 0.000000277. The van der Waals surface area contributed by atoms with Crippen molar-refractivity contribution in [2.75, 3.05) is 5.73 Å². The number of fused-ring (bicyclic) bond motifs is 4. The van der Waals surface area contributed by atoms with E-state index in [2.05, 4.69) is 296 Å². The summed E-state index contributed by atoms with van der Waals surface area (Å²) >= 11 is 3.50. The summed E-state index contributed by atoms with van der Waals surface area (Å²) in [6.07, 6.45) is 23.1. The largest absolute Gasteiger partial charge is 1.00 e. The third-order valence-corrected chi connectivity index (χ3v) is 20.6. The normalized spacial score (nSPS) is 14.0. The van der Waals surface area contributed by atoms with E-state index < -0.39 is 5.97 Å². The Kier molecular flexibility index (Phi) is 34.8. The van der Waals surface area contributed by atoms with Crippen molar-refractivity contribution < 1.29 is 92.6 Å². The van der Waals surface area contributed by atoms with Gasteiger partial charge in [-0.25, -0.2) is 4.79 Å². The van der Waals surface area contributed by atoms with Crippen LogP contribution in [0.4, 0.5) is 5.69 Å². The Bertz CT molecular complexity index is 5070. The van der Waals surface area contributed by atoms with Crippen LogP contribution in [0.25, 0.3) is 88.5 Å². The van der Waals surface area contributed by atoms with Gasteiger partial charge >= 0.3 is 74.9 Å². The maximum atomic E-state index is 11.4. The van der Waals surface area contributed by atoms with Crippen molar-refractivity contribution in [3.8, 4) is 56.7 Å². The van der Waals surface area contributed by atoms with E-state index in [1.165, 1.54) is 193 Å². The smallest absolute Gasteiger partial charge is 0.870 e. The number of nitrogen functional groups attached to an aromatic ring is 1. The Labute approximate surface area is 701 Å². The van der Waals surface area contributed by atoms with Crippen LogP contribution in [0.5, 0.6) is 0 Å². The molecule has 16 rings (SSSR count). The summed E-state index contributed by atoms with van der Waals surface area (Å²) in [5.74, 6) is 4.49. The van der Waals surface area contributed by atoms with Gasteiger partial charge in [0.15, 0.2) is 0 Å². The molecule has 11 heteroatoms. The zero-order valence-corrected chi connectivity index (χ0v) is 71.5. The fourth-order valence-corrected chi connectivity index (χ4v) is 15.1. The SMILES string of the molecule is BrC1C=CCCC1.C.CC#CC.Cc1c(-c2ccccc2)n(C2CCCCC2)c2ccc(C(=O)O)cc12.Cc1ccc(N)c(C)c1.Cc1ccc2[nH]c(-c3ccccc3)c(C)c2c1.Cc1ccc2[nH]c(C)c(-c3ccccc3)c2c1.Cc1ccc2c(c1)c(C)c(-c1ccccc1)n2C1C=CCCC1.O.[Cs+].[HH].[HH].[OH-]. The zero-order valence-electron chi connectivity index (χ0n) is 63.7. The van der Waals surface area contributed by atoms with Gasteiger partial charge in [-0.2, -0.15) is 0 Å². The summed E-state index contributed by atoms with van der Waals surface area (Å²) in [5, 5.41) is 14.5. The molecule has 0 spiro atoms. The summed E-state index contributed by atoms with van der Waals surface area (Å²) in [4.78, 5) is 19.0. The van der Waals surface area contributed by atoms with E-state index in [1.807, 2.05) is 57.2 Å². The predicted octanol–water partition coefficient (Wildman–Crippen LogP) is 23.5. The Morgan fingerprint density at radius 1 is 0.491 bits per heavy atom. The van der Waals surface area contributed by atoms with Crippen molar-refractivity contribution >= 4 is 71.2 Å². The third-order valence-electron chi connectivity index (χ3n) is 19.9. The van der Waals surface area contributed by atoms with Gasteiger partial charge in [-0.05, 0) is 233 Å². The Morgan fingerprint density at radius 3 is 1.43 bits per heavy atom. The fourth-order valence-electron chi connectivity index (χ4n) is 14.5. The summed E-state index contributed by atoms with van der Waals surface area (Å²) < 4.78 is 5.04. The van der Waals surface area contributed by atoms with Crippen LogP contribution in [0.2, 0.25) is 0 Å². The monoisotopic (exact) mass is 1600 g/mol. The molecule has 8 N–H and O–H groups in total. The molecule has 3 aliphatic rings. The standard InChI is InChI=1S/C22H23NO2.C22H23N.2C16H15N.C8H11N.C6H9Br.C4H6.CH4.Cs.2H2O.2H2/c1-15-19-14-17(22(24)25)12-13-20(19)23(18-10-6-3-7-11-18)21(15)16-8-4-2-5-9-16;1-16-13-14-21-20(15-16)17(2)22(18-9-5-3-6-10-18)23(21)19-11-7-4-8-12-19;1-11-8-9-15-14(10-11)16(12(2)17-15)13-6-4-3-5-7-13;1-11-8-9-15-14(10-11)12(2)16(17-15)13-6-4-3-5-7-13;1-6-3-4-8(9)7(2)5-6;7-6-4-2-1-3-5-6;1-3-4-2;;;;;;/h2,4-5,8-9,12-14,18H,3,6-7,10-11H2,1H3,(H,24,25);3,5-7,9-11,13-15,19H,4,8,12H2,1-2H3;2*3-10,17H,1-2H3;3-5H,9H2,1-2H3;2,4,6H,1,3,5H2;1-2H3;1H4;;2*1H2;2*1H/q;;;;;;;;+1;;;;/p-1. The Hall–Kier alpha value is -8.10. The maximum Gasteiger partial charge on any atom is 1.00 e. The molecule has 0 saturated heterocycles. The van der Waals surface area contributed by atoms with Gasteiger partial charge in [-0.1, -0.05) is 241 Å². The molecule has 4 aromatic heterocycles. The number of nitrogens with two attached hydrogens (primary N) is 1. The molecule has 0 aliphatic heterocycles. The van der Waals surface area contributed by atoms with E-state index in [-0.39, 0.29) is 90.1 Å². The summed E-state index contributed by atoms with van der Waals surface area (Å²) in [6.45, 7) is 22.9. The van der Waals surface area contributed by atoms with Crippen molar-refractivity contribution in [2.45, 2.75) is 171 Å². The number of anilines is 1. The van der Waals surface area contributed by atoms with Crippen molar-refractivity contribution in [3.05, 3.63) is 292 Å². The number of aromatic nitrogens is 4. The number of nitrogens with one attached hydrogen (secondary N) is 2. The molecule has 13 aromatic rings. The zero-order chi connectivity index (χ0) is 72.2. The first-order chi connectivity index (χ1) is 49.4. The molecular formula is C95H113BrCsN5O4. The van der Waals surface area contributed by atoms with Crippen molar-refractivity contribution in [3.63, 3.8) is 0 Å². The van der Waals surface area contributed by atoms with Crippen LogP contribution >= 0.6 is 15.9 Å². The first-order valence-electron chi connectivity index (χ1n) is 36.5. The minimum Gasteiger partial charge on any atom is -0.870 e. The number of aryl methyl sites for hydroxylation is 9. The number of carboxylic acids is 1. The number of aromatic amines is 2. The van der Waals surface area contributed by atoms with Gasteiger partial charge in [-0.3, -0.25) is 0 Å². The minimum absolute atomic E-state index is 0. The number of halogens is 1. The van der Waals surface area contributed by atoms with E-state index in [0.29, 0.717) is 22.5 Å². The Morgan fingerprint density at radius 2 is 0.943 bits per heavy atom. The van der Waals surface area contributed by atoms with Crippen LogP contribution in [0, 0.1) is 74.2 Å². The summed E-state index contributed by atoms with van der Waals surface area (Å²) in [7, 11) is 0. The molecule has 106 heavy (non-hydrogen) atoms. The fraction of sp³-hybridized carbons (Fsp3) is 0.274. The number of hydrogen-bond donors (Lipinski definition) is 4. The van der Waals surface area contributed by atoms with E-state index >= 15 is 0 Å². The average Bonchev–Trinajstić information content (AvgIpc) is 1.53. The second kappa shape index (κ2) is 42.4. The number of hydrogen-bond acceptors (Lipinski definition) is 3. The van der Waals surface area contributed by atoms with Gasteiger partial charge in [0.2, 0.25) is 0 Å². The molecule has 1 fully saturated rings. The number of carboxylic acid groups (broad SMARTS) is 1. The molecule has 9 nitrogen and oxygen atoms in total. The summed E-state index contributed by atoms with van der Waals surface area (Å²) in [5.41, 5.74) is 33.5. The molecule has 0 amide bonds. The van der Waals surface area contributed by atoms with Crippen LogP contribution in [0.15, 0.2) is 237 Å². The number of H-pyrrole nitrogens is 2.